The van der Waals surface area contributed by atoms with Crippen molar-refractivity contribution in [2.75, 3.05) is 13.1 Å². The highest BCUT2D eigenvalue weighted by atomic mass is 19.1. The summed E-state index contributed by atoms with van der Waals surface area (Å²) in [7, 11) is 0. The van der Waals surface area contributed by atoms with Crippen molar-refractivity contribution < 1.29 is 9.18 Å². The minimum atomic E-state index is -0.405. The van der Waals surface area contributed by atoms with E-state index in [-0.39, 0.29) is 11.8 Å². The topological polar surface area (TPSA) is 44.1 Å². The minimum absolute atomic E-state index is 0.100. The Balaban J connectivity index is 2.21. The molecule has 0 saturated carbocycles. The molecule has 1 saturated heterocycles. The van der Waals surface area contributed by atoms with Gasteiger partial charge in [0.25, 0.3) is 5.91 Å². The number of rotatable bonds is 1. The Labute approximate surface area is 106 Å². The summed E-state index contributed by atoms with van der Waals surface area (Å²) in [4.78, 5) is 13.9. The lowest BCUT2D eigenvalue weighted by molar-refractivity contribution is 0.0697. The molecule has 0 N–H and O–H groups in total. The molecule has 3 nitrogen and oxygen atoms in total. The number of nitriles is 1. The summed E-state index contributed by atoms with van der Waals surface area (Å²) in [6, 6.07) is 6.42. The normalized spacial score (nSPS) is 19.4. The molecule has 1 aromatic carbocycles. The summed E-state index contributed by atoms with van der Waals surface area (Å²) in [5.74, 6) is -0.679. The van der Waals surface area contributed by atoms with Gasteiger partial charge in [0.1, 0.15) is 5.82 Å². The van der Waals surface area contributed by atoms with Gasteiger partial charge >= 0.3 is 0 Å². The maximum atomic E-state index is 13.2. The first-order valence-electron chi connectivity index (χ1n) is 6.07. The van der Waals surface area contributed by atoms with Gasteiger partial charge < -0.3 is 4.90 Å². The van der Waals surface area contributed by atoms with E-state index in [9.17, 15) is 9.18 Å². The molecule has 0 aromatic heterocycles. The van der Waals surface area contributed by atoms with Crippen LogP contribution in [0.1, 0.15) is 28.8 Å². The molecule has 0 radical (unpaired) electrons. The summed E-state index contributed by atoms with van der Waals surface area (Å²) in [6.07, 6.45) is 1.67. The van der Waals surface area contributed by atoms with Crippen LogP contribution in [0.4, 0.5) is 4.39 Å². The Bertz CT molecular complexity index is 507. The van der Waals surface area contributed by atoms with Crippen LogP contribution >= 0.6 is 0 Å². The predicted octanol–water partition coefficient (Wildman–Crippen LogP) is 2.51. The van der Waals surface area contributed by atoms with Gasteiger partial charge in [-0.05, 0) is 37.5 Å². The van der Waals surface area contributed by atoms with E-state index in [1.54, 1.807) is 17.9 Å². The van der Waals surface area contributed by atoms with Crippen LogP contribution in [0.5, 0.6) is 0 Å². The number of carbonyl (C=O) groups is 1. The lowest BCUT2D eigenvalue weighted by Gasteiger charge is -2.30. The number of halogens is 1. The second kappa shape index (κ2) is 5.18. The number of amides is 1. The lowest BCUT2D eigenvalue weighted by Crippen LogP contribution is -2.39. The number of aryl methyl sites for hydroxylation is 1. The fourth-order valence-corrected chi connectivity index (χ4v) is 2.26. The molecule has 1 heterocycles. The molecule has 1 amide bonds. The molecule has 1 aliphatic heterocycles. The quantitative estimate of drug-likeness (QED) is 0.764. The Morgan fingerprint density at radius 2 is 2.33 bits per heavy atom. The predicted molar refractivity (Wildman–Crippen MR) is 65.4 cm³/mol. The molecule has 1 aromatic rings. The van der Waals surface area contributed by atoms with E-state index < -0.39 is 5.82 Å². The van der Waals surface area contributed by atoms with E-state index in [1.807, 2.05) is 0 Å². The van der Waals surface area contributed by atoms with Crippen molar-refractivity contribution in [1.82, 2.24) is 4.90 Å². The summed E-state index contributed by atoms with van der Waals surface area (Å²) in [5.41, 5.74) is 1.16. The first-order chi connectivity index (χ1) is 8.61. The second-order valence-corrected chi connectivity index (χ2v) is 4.68. The smallest absolute Gasteiger partial charge is 0.254 e. The highest BCUT2D eigenvalue weighted by molar-refractivity contribution is 5.95. The highest BCUT2D eigenvalue weighted by Crippen LogP contribution is 2.20. The number of carbonyl (C=O) groups excluding carboxylic acids is 1. The van der Waals surface area contributed by atoms with Crippen LogP contribution in [0.2, 0.25) is 0 Å². The Kier molecular flexibility index (Phi) is 3.61. The van der Waals surface area contributed by atoms with E-state index in [2.05, 4.69) is 6.07 Å². The Hall–Kier alpha value is -1.89. The molecule has 1 atom stereocenters. The van der Waals surface area contributed by atoms with Gasteiger partial charge in [-0.2, -0.15) is 5.26 Å². The number of piperidine rings is 1. The van der Waals surface area contributed by atoms with Gasteiger partial charge in [0, 0.05) is 18.7 Å². The van der Waals surface area contributed by atoms with Crippen molar-refractivity contribution in [3.05, 3.63) is 35.1 Å². The SMILES string of the molecule is Cc1ccc(F)cc1C(=O)N1CCCC(C#N)C1. The molecule has 18 heavy (non-hydrogen) atoms. The van der Waals surface area contributed by atoms with E-state index in [4.69, 9.17) is 5.26 Å². The van der Waals surface area contributed by atoms with Crippen molar-refractivity contribution in [3.8, 4) is 6.07 Å². The van der Waals surface area contributed by atoms with Gasteiger partial charge in [0.05, 0.1) is 12.0 Å². The van der Waals surface area contributed by atoms with Gasteiger partial charge in [-0.15, -0.1) is 0 Å². The minimum Gasteiger partial charge on any atom is -0.337 e. The van der Waals surface area contributed by atoms with Crippen LogP contribution in [-0.2, 0) is 0 Å². The molecule has 0 bridgehead atoms. The summed E-state index contributed by atoms with van der Waals surface area (Å²) in [5, 5.41) is 8.91. The first kappa shape index (κ1) is 12.6. The van der Waals surface area contributed by atoms with Gasteiger partial charge in [-0.25, -0.2) is 4.39 Å². The Morgan fingerprint density at radius 1 is 1.56 bits per heavy atom. The molecule has 0 spiro atoms. The summed E-state index contributed by atoms with van der Waals surface area (Å²) in [6.45, 7) is 2.89. The van der Waals surface area contributed by atoms with Crippen LogP contribution in [0, 0.1) is 30.0 Å². The number of likely N-dealkylation sites (tertiary alicyclic amines) is 1. The van der Waals surface area contributed by atoms with Crippen molar-refractivity contribution in [2.24, 2.45) is 5.92 Å². The van der Waals surface area contributed by atoms with Crippen LogP contribution in [-0.4, -0.2) is 23.9 Å². The molecule has 0 aliphatic carbocycles. The van der Waals surface area contributed by atoms with Gasteiger partial charge in [0.2, 0.25) is 0 Å². The number of hydrogen-bond donors (Lipinski definition) is 0. The first-order valence-corrected chi connectivity index (χ1v) is 6.07. The fourth-order valence-electron chi connectivity index (χ4n) is 2.26. The van der Waals surface area contributed by atoms with Gasteiger partial charge in [-0.3, -0.25) is 4.79 Å². The van der Waals surface area contributed by atoms with Crippen molar-refractivity contribution in [2.45, 2.75) is 19.8 Å². The fraction of sp³-hybridized carbons (Fsp3) is 0.429. The van der Waals surface area contributed by atoms with Crippen LogP contribution in [0.15, 0.2) is 18.2 Å². The van der Waals surface area contributed by atoms with Gasteiger partial charge in [0.15, 0.2) is 0 Å². The lowest BCUT2D eigenvalue weighted by atomic mass is 9.98. The standard InChI is InChI=1S/C14H15FN2O/c1-10-4-5-12(15)7-13(10)14(18)17-6-2-3-11(8-16)9-17/h4-5,7,11H,2-3,6,9H2,1H3. The average molecular weight is 246 g/mol. The average Bonchev–Trinajstić information content (AvgIpc) is 2.41. The zero-order valence-electron chi connectivity index (χ0n) is 10.3. The third-order valence-corrected chi connectivity index (χ3v) is 3.32. The van der Waals surface area contributed by atoms with Gasteiger partial charge in [-0.1, -0.05) is 6.07 Å². The Morgan fingerprint density at radius 3 is 3.06 bits per heavy atom. The number of benzene rings is 1. The van der Waals surface area contributed by atoms with E-state index in [0.717, 1.165) is 18.4 Å². The molecular weight excluding hydrogens is 231 g/mol. The maximum absolute atomic E-state index is 13.2. The summed E-state index contributed by atoms with van der Waals surface area (Å²) >= 11 is 0. The molecule has 94 valence electrons. The van der Waals surface area contributed by atoms with Crippen molar-refractivity contribution in [3.63, 3.8) is 0 Å². The number of hydrogen-bond acceptors (Lipinski definition) is 2. The third kappa shape index (κ3) is 2.51. The molecule has 2 rings (SSSR count). The summed E-state index contributed by atoms with van der Waals surface area (Å²) < 4.78 is 13.2. The molecule has 1 unspecified atom stereocenters. The molecular formula is C14H15FN2O. The van der Waals surface area contributed by atoms with Crippen molar-refractivity contribution >= 4 is 5.91 Å². The van der Waals surface area contributed by atoms with Crippen LogP contribution in [0.3, 0.4) is 0 Å². The zero-order chi connectivity index (χ0) is 13.1. The highest BCUT2D eigenvalue weighted by Gasteiger charge is 2.25. The molecule has 4 heteroatoms. The third-order valence-electron chi connectivity index (χ3n) is 3.32. The van der Waals surface area contributed by atoms with E-state index >= 15 is 0 Å². The molecule has 1 fully saturated rings. The second-order valence-electron chi connectivity index (χ2n) is 4.68. The maximum Gasteiger partial charge on any atom is 0.254 e. The van der Waals surface area contributed by atoms with Crippen LogP contribution in [0.25, 0.3) is 0 Å². The van der Waals surface area contributed by atoms with Crippen molar-refractivity contribution in [1.29, 1.82) is 5.26 Å². The molecule has 1 aliphatic rings. The zero-order valence-corrected chi connectivity index (χ0v) is 10.3. The largest absolute Gasteiger partial charge is 0.337 e. The van der Waals surface area contributed by atoms with E-state index in [0.29, 0.717) is 18.7 Å². The van der Waals surface area contributed by atoms with Crippen LogP contribution < -0.4 is 0 Å². The monoisotopic (exact) mass is 246 g/mol. The van der Waals surface area contributed by atoms with E-state index in [1.165, 1.54) is 12.1 Å². The number of nitrogens with zero attached hydrogens (tertiary/aromatic N) is 2.